The number of hydrogen-bond donors (Lipinski definition) is 1. The standard InChI is InChI=1S/C22H16N2O2S/c25-21-20(27-22(26)23-21)15-16-11-13-19(14-12-16)24(17-7-3-1-4-8-17)18-9-5-2-6-10-18/h1-15H,(H,23,25,26)/b20-15-. The Hall–Kier alpha value is -3.31. The van der Waals surface area contributed by atoms with Gasteiger partial charge in [0, 0.05) is 17.1 Å². The molecule has 0 unspecified atom stereocenters. The molecule has 3 aromatic rings. The lowest BCUT2D eigenvalue weighted by atomic mass is 10.1. The van der Waals surface area contributed by atoms with E-state index in [1.807, 2.05) is 60.7 Å². The summed E-state index contributed by atoms with van der Waals surface area (Å²) >= 11 is 0.924. The molecule has 1 aliphatic heterocycles. The largest absolute Gasteiger partial charge is 0.311 e. The molecule has 1 N–H and O–H groups in total. The minimum absolute atomic E-state index is 0.331. The topological polar surface area (TPSA) is 49.4 Å². The van der Waals surface area contributed by atoms with E-state index in [1.54, 1.807) is 6.08 Å². The van der Waals surface area contributed by atoms with Crippen LogP contribution >= 0.6 is 11.8 Å². The maximum Gasteiger partial charge on any atom is 0.290 e. The molecule has 2 amide bonds. The molecule has 0 aromatic heterocycles. The molecule has 5 heteroatoms. The van der Waals surface area contributed by atoms with Gasteiger partial charge in [0.25, 0.3) is 11.1 Å². The van der Waals surface area contributed by atoms with Crippen LogP contribution in [-0.4, -0.2) is 11.1 Å². The molecule has 0 atom stereocenters. The summed E-state index contributed by atoms with van der Waals surface area (Å²) in [5.41, 5.74) is 4.00. The Bertz CT molecular complexity index is 960. The van der Waals surface area contributed by atoms with Gasteiger partial charge < -0.3 is 4.90 Å². The third-order valence-corrected chi connectivity index (χ3v) is 4.93. The van der Waals surface area contributed by atoms with Crippen LogP contribution in [0.1, 0.15) is 5.56 Å². The van der Waals surface area contributed by atoms with Crippen LogP contribution in [0.4, 0.5) is 21.9 Å². The number of nitrogens with one attached hydrogen (secondary N) is 1. The molecule has 0 saturated carbocycles. The molecule has 132 valence electrons. The molecule has 3 aromatic carbocycles. The van der Waals surface area contributed by atoms with E-state index in [-0.39, 0.29) is 11.1 Å². The highest BCUT2D eigenvalue weighted by atomic mass is 32.2. The van der Waals surface area contributed by atoms with E-state index in [2.05, 4.69) is 34.5 Å². The van der Waals surface area contributed by atoms with Gasteiger partial charge in [-0.25, -0.2) is 0 Å². The molecule has 1 fully saturated rings. The summed E-state index contributed by atoms with van der Waals surface area (Å²) < 4.78 is 0. The van der Waals surface area contributed by atoms with Gasteiger partial charge in [-0.15, -0.1) is 0 Å². The molecular weight excluding hydrogens is 356 g/mol. The van der Waals surface area contributed by atoms with Gasteiger partial charge in [0.1, 0.15) is 0 Å². The number of amides is 2. The molecule has 0 aliphatic carbocycles. The monoisotopic (exact) mass is 372 g/mol. The maximum absolute atomic E-state index is 11.7. The van der Waals surface area contributed by atoms with Gasteiger partial charge in [0.05, 0.1) is 4.91 Å². The number of thioether (sulfide) groups is 1. The van der Waals surface area contributed by atoms with E-state index < -0.39 is 0 Å². The number of anilines is 3. The van der Waals surface area contributed by atoms with Gasteiger partial charge in [0.15, 0.2) is 0 Å². The Morgan fingerprint density at radius 2 is 1.22 bits per heavy atom. The van der Waals surface area contributed by atoms with Crippen molar-refractivity contribution >= 4 is 46.0 Å². The molecule has 27 heavy (non-hydrogen) atoms. The van der Waals surface area contributed by atoms with E-state index in [0.29, 0.717) is 4.91 Å². The molecule has 1 saturated heterocycles. The minimum atomic E-state index is -0.343. The number of carbonyl (C=O) groups is 2. The van der Waals surface area contributed by atoms with E-state index in [1.165, 1.54) is 0 Å². The first-order valence-electron chi connectivity index (χ1n) is 8.46. The summed E-state index contributed by atoms with van der Waals surface area (Å²) in [6, 6.07) is 28.2. The summed E-state index contributed by atoms with van der Waals surface area (Å²) in [4.78, 5) is 25.6. The second kappa shape index (κ2) is 7.51. The zero-order valence-corrected chi connectivity index (χ0v) is 15.1. The quantitative estimate of drug-likeness (QED) is 0.616. The van der Waals surface area contributed by atoms with Gasteiger partial charge >= 0.3 is 0 Å². The smallest absolute Gasteiger partial charge is 0.290 e. The van der Waals surface area contributed by atoms with E-state index in [9.17, 15) is 9.59 Å². The van der Waals surface area contributed by atoms with Crippen LogP contribution in [0.15, 0.2) is 89.8 Å². The van der Waals surface area contributed by atoms with Crippen molar-refractivity contribution in [1.29, 1.82) is 0 Å². The van der Waals surface area contributed by atoms with Crippen LogP contribution in [0.2, 0.25) is 0 Å². The number of carbonyl (C=O) groups excluding carboxylic acids is 2. The van der Waals surface area contributed by atoms with E-state index in [4.69, 9.17) is 0 Å². The lowest BCUT2D eigenvalue weighted by Gasteiger charge is -2.25. The molecule has 0 radical (unpaired) electrons. The maximum atomic E-state index is 11.7. The second-order valence-electron chi connectivity index (χ2n) is 5.95. The molecule has 1 heterocycles. The first-order valence-corrected chi connectivity index (χ1v) is 9.27. The average molecular weight is 372 g/mol. The van der Waals surface area contributed by atoms with Gasteiger partial charge in [0.2, 0.25) is 0 Å². The normalized spacial score (nSPS) is 15.0. The number of rotatable bonds is 4. The summed E-state index contributed by atoms with van der Waals surface area (Å²) in [7, 11) is 0. The number of benzene rings is 3. The zero-order chi connectivity index (χ0) is 18.6. The van der Waals surface area contributed by atoms with Crippen molar-refractivity contribution in [1.82, 2.24) is 5.32 Å². The number of hydrogen-bond acceptors (Lipinski definition) is 4. The van der Waals surface area contributed by atoms with Crippen LogP contribution in [-0.2, 0) is 4.79 Å². The summed E-state index contributed by atoms with van der Waals surface area (Å²) in [5.74, 6) is -0.343. The van der Waals surface area contributed by atoms with Gasteiger partial charge in [-0.3, -0.25) is 14.9 Å². The van der Waals surface area contributed by atoms with Crippen molar-refractivity contribution in [2.24, 2.45) is 0 Å². The Morgan fingerprint density at radius 3 is 1.70 bits per heavy atom. The number of para-hydroxylation sites is 2. The fourth-order valence-electron chi connectivity index (χ4n) is 2.89. The van der Waals surface area contributed by atoms with Crippen LogP contribution in [0.3, 0.4) is 0 Å². The number of imide groups is 1. The van der Waals surface area contributed by atoms with Crippen LogP contribution in [0.5, 0.6) is 0 Å². The third kappa shape index (κ3) is 3.78. The van der Waals surface area contributed by atoms with Crippen molar-refractivity contribution in [3.05, 3.63) is 95.4 Å². The van der Waals surface area contributed by atoms with Crippen LogP contribution < -0.4 is 10.2 Å². The molecule has 4 nitrogen and oxygen atoms in total. The van der Waals surface area contributed by atoms with Gasteiger partial charge in [-0.05, 0) is 59.8 Å². The third-order valence-electron chi connectivity index (χ3n) is 4.12. The van der Waals surface area contributed by atoms with Crippen molar-refractivity contribution < 1.29 is 9.59 Å². The molecule has 0 bridgehead atoms. The van der Waals surface area contributed by atoms with Crippen molar-refractivity contribution in [3.63, 3.8) is 0 Å². The summed E-state index contributed by atoms with van der Waals surface area (Å²) in [6.07, 6.45) is 1.73. The first-order chi connectivity index (χ1) is 13.2. The van der Waals surface area contributed by atoms with Crippen molar-refractivity contribution in [2.45, 2.75) is 0 Å². The van der Waals surface area contributed by atoms with E-state index in [0.717, 1.165) is 34.4 Å². The van der Waals surface area contributed by atoms with E-state index >= 15 is 0 Å². The lowest BCUT2D eigenvalue weighted by molar-refractivity contribution is -0.115. The Labute approximate surface area is 161 Å². The minimum Gasteiger partial charge on any atom is -0.311 e. The SMILES string of the molecule is O=C1NC(=O)/C(=C/c2ccc(N(c3ccccc3)c3ccccc3)cc2)S1. The summed E-state index contributed by atoms with van der Waals surface area (Å²) in [6.45, 7) is 0. The van der Waals surface area contributed by atoms with Crippen LogP contribution in [0.25, 0.3) is 6.08 Å². The Kier molecular flexibility index (Phi) is 4.77. The lowest BCUT2D eigenvalue weighted by Crippen LogP contribution is -2.17. The fraction of sp³-hybridized carbons (Fsp3) is 0. The molecule has 4 rings (SSSR count). The molecular formula is C22H16N2O2S. The Balaban J connectivity index is 1.69. The highest BCUT2D eigenvalue weighted by Crippen LogP contribution is 2.34. The predicted octanol–water partition coefficient (Wildman–Crippen LogP) is 5.48. The first kappa shape index (κ1) is 17.1. The summed E-state index contributed by atoms with van der Waals surface area (Å²) in [5, 5.41) is 1.94. The van der Waals surface area contributed by atoms with Gasteiger partial charge in [-0.2, -0.15) is 0 Å². The molecule has 1 aliphatic rings. The number of nitrogens with zero attached hydrogens (tertiary/aromatic N) is 1. The predicted molar refractivity (Wildman–Crippen MR) is 110 cm³/mol. The molecule has 0 spiro atoms. The van der Waals surface area contributed by atoms with Crippen molar-refractivity contribution in [3.8, 4) is 0 Å². The van der Waals surface area contributed by atoms with Gasteiger partial charge in [-0.1, -0.05) is 48.5 Å². The highest BCUT2D eigenvalue weighted by Gasteiger charge is 2.24. The van der Waals surface area contributed by atoms with Crippen LogP contribution in [0, 0.1) is 0 Å². The fourth-order valence-corrected chi connectivity index (χ4v) is 3.58. The Morgan fingerprint density at radius 1 is 0.704 bits per heavy atom. The zero-order valence-electron chi connectivity index (χ0n) is 14.3. The second-order valence-corrected chi connectivity index (χ2v) is 6.97. The highest BCUT2D eigenvalue weighted by molar-refractivity contribution is 8.18. The van der Waals surface area contributed by atoms with Crippen molar-refractivity contribution in [2.75, 3.05) is 4.90 Å². The average Bonchev–Trinajstić information content (AvgIpc) is 3.02.